The molecule has 2 aromatic carbocycles. The van der Waals surface area contributed by atoms with Gasteiger partial charge in [0.1, 0.15) is 11.9 Å². The van der Waals surface area contributed by atoms with Gasteiger partial charge in [0, 0.05) is 19.0 Å². The molecule has 2 atom stereocenters. The Labute approximate surface area is 120 Å². The number of ether oxygens (including phenoxy) is 1. The SMILES string of the molecule is Cc1ccc(C(C)NCC2Cc3ccccc3O2)cc1. The summed E-state index contributed by atoms with van der Waals surface area (Å²) in [5, 5.41) is 3.57. The second kappa shape index (κ2) is 5.68. The fourth-order valence-electron chi connectivity index (χ4n) is 2.65. The van der Waals surface area contributed by atoms with Crippen molar-refractivity contribution in [3.05, 3.63) is 65.2 Å². The lowest BCUT2D eigenvalue weighted by atomic mass is 10.1. The number of hydrogen-bond donors (Lipinski definition) is 1. The third-order valence-corrected chi connectivity index (χ3v) is 3.94. The molecule has 0 aromatic heterocycles. The van der Waals surface area contributed by atoms with E-state index in [4.69, 9.17) is 4.74 Å². The molecule has 2 heteroatoms. The molecule has 1 aliphatic heterocycles. The van der Waals surface area contributed by atoms with Crippen LogP contribution in [0.1, 0.15) is 29.7 Å². The van der Waals surface area contributed by atoms with E-state index in [0.29, 0.717) is 6.04 Å². The third-order valence-electron chi connectivity index (χ3n) is 3.94. The van der Waals surface area contributed by atoms with Crippen molar-refractivity contribution in [2.24, 2.45) is 0 Å². The normalized spacial score (nSPS) is 18.4. The van der Waals surface area contributed by atoms with Crippen LogP contribution in [0.15, 0.2) is 48.5 Å². The van der Waals surface area contributed by atoms with Crippen LogP contribution >= 0.6 is 0 Å². The van der Waals surface area contributed by atoms with E-state index in [2.05, 4.69) is 61.6 Å². The highest BCUT2D eigenvalue weighted by Crippen LogP contribution is 2.28. The molecule has 0 saturated carbocycles. The Bertz CT molecular complexity index is 551. The van der Waals surface area contributed by atoms with E-state index in [9.17, 15) is 0 Å². The lowest BCUT2D eigenvalue weighted by Crippen LogP contribution is -2.31. The van der Waals surface area contributed by atoms with Gasteiger partial charge in [-0.2, -0.15) is 0 Å². The van der Waals surface area contributed by atoms with Gasteiger partial charge in [-0.1, -0.05) is 48.0 Å². The van der Waals surface area contributed by atoms with Crippen molar-refractivity contribution in [3.63, 3.8) is 0 Å². The molecular weight excluding hydrogens is 246 g/mol. The van der Waals surface area contributed by atoms with Gasteiger partial charge in [-0.15, -0.1) is 0 Å². The zero-order chi connectivity index (χ0) is 13.9. The first-order chi connectivity index (χ1) is 9.72. The van der Waals surface area contributed by atoms with Crippen LogP contribution in [0, 0.1) is 6.92 Å². The van der Waals surface area contributed by atoms with Crippen molar-refractivity contribution < 1.29 is 4.74 Å². The Morgan fingerprint density at radius 1 is 1.15 bits per heavy atom. The largest absolute Gasteiger partial charge is 0.488 e. The van der Waals surface area contributed by atoms with Gasteiger partial charge in [-0.25, -0.2) is 0 Å². The summed E-state index contributed by atoms with van der Waals surface area (Å²) in [5.41, 5.74) is 3.95. The summed E-state index contributed by atoms with van der Waals surface area (Å²) in [4.78, 5) is 0. The highest BCUT2D eigenvalue weighted by molar-refractivity contribution is 5.37. The van der Waals surface area contributed by atoms with Crippen molar-refractivity contribution >= 4 is 0 Å². The Hall–Kier alpha value is -1.80. The number of fused-ring (bicyclic) bond motifs is 1. The first-order valence-corrected chi connectivity index (χ1v) is 7.27. The van der Waals surface area contributed by atoms with Gasteiger partial charge in [-0.3, -0.25) is 0 Å². The molecule has 0 bridgehead atoms. The number of hydrogen-bond acceptors (Lipinski definition) is 2. The molecule has 0 aliphatic carbocycles. The van der Waals surface area contributed by atoms with Gasteiger partial charge in [0.25, 0.3) is 0 Å². The fraction of sp³-hybridized carbons (Fsp3) is 0.333. The summed E-state index contributed by atoms with van der Waals surface area (Å²) >= 11 is 0. The molecule has 0 amide bonds. The second-order valence-corrected chi connectivity index (χ2v) is 5.59. The quantitative estimate of drug-likeness (QED) is 0.913. The maximum Gasteiger partial charge on any atom is 0.123 e. The lowest BCUT2D eigenvalue weighted by molar-refractivity contribution is 0.222. The van der Waals surface area contributed by atoms with Crippen LogP contribution < -0.4 is 10.1 Å². The minimum atomic E-state index is 0.250. The van der Waals surface area contributed by atoms with Gasteiger partial charge in [0.2, 0.25) is 0 Å². The highest BCUT2D eigenvalue weighted by Gasteiger charge is 2.22. The Balaban J connectivity index is 1.55. The van der Waals surface area contributed by atoms with Crippen LogP contribution in [-0.4, -0.2) is 12.6 Å². The van der Waals surface area contributed by atoms with Gasteiger partial charge in [0.15, 0.2) is 0 Å². The zero-order valence-corrected chi connectivity index (χ0v) is 12.1. The van der Waals surface area contributed by atoms with E-state index in [1.807, 2.05) is 6.07 Å². The maximum absolute atomic E-state index is 5.95. The van der Waals surface area contributed by atoms with Crippen LogP contribution in [0.2, 0.25) is 0 Å². The average Bonchev–Trinajstić information content (AvgIpc) is 2.88. The summed E-state index contributed by atoms with van der Waals surface area (Å²) in [6.45, 7) is 5.20. The van der Waals surface area contributed by atoms with E-state index >= 15 is 0 Å². The Morgan fingerprint density at radius 3 is 2.65 bits per heavy atom. The molecule has 104 valence electrons. The highest BCUT2D eigenvalue weighted by atomic mass is 16.5. The van der Waals surface area contributed by atoms with Gasteiger partial charge >= 0.3 is 0 Å². The van der Waals surface area contributed by atoms with Crippen molar-refractivity contribution in [1.29, 1.82) is 0 Å². The molecular formula is C18H21NO. The summed E-state index contributed by atoms with van der Waals surface area (Å²) in [7, 11) is 0. The molecule has 20 heavy (non-hydrogen) atoms. The van der Waals surface area contributed by atoms with Crippen LogP contribution in [-0.2, 0) is 6.42 Å². The number of para-hydroxylation sites is 1. The minimum Gasteiger partial charge on any atom is -0.488 e. The number of benzene rings is 2. The first-order valence-electron chi connectivity index (χ1n) is 7.27. The molecule has 0 radical (unpaired) electrons. The molecule has 0 fully saturated rings. The first kappa shape index (κ1) is 13.2. The maximum atomic E-state index is 5.95. The third kappa shape index (κ3) is 2.86. The number of rotatable bonds is 4. The molecule has 1 heterocycles. The van der Waals surface area contributed by atoms with Crippen LogP contribution in [0.4, 0.5) is 0 Å². The van der Waals surface area contributed by atoms with Crippen molar-refractivity contribution in [3.8, 4) is 5.75 Å². The van der Waals surface area contributed by atoms with Gasteiger partial charge in [0.05, 0.1) is 0 Å². The van der Waals surface area contributed by atoms with Gasteiger partial charge in [-0.05, 0) is 31.0 Å². The monoisotopic (exact) mass is 267 g/mol. The van der Waals surface area contributed by atoms with Crippen LogP contribution in [0.25, 0.3) is 0 Å². The molecule has 2 nitrogen and oxygen atoms in total. The molecule has 0 saturated heterocycles. The van der Waals surface area contributed by atoms with Crippen LogP contribution in [0.3, 0.4) is 0 Å². The summed E-state index contributed by atoms with van der Waals surface area (Å²) in [6, 6.07) is 17.4. The topological polar surface area (TPSA) is 21.3 Å². The fourth-order valence-corrected chi connectivity index (χ4v) is 2.65. The second-order valence-electron chi connectivity index (χ2n) is 5.59. The summed E-state index contributed by atoms with van der Waals surface area (Å²) in [6.07, 6.45) is 1.25. The number of aryl methyl sites for hydroxylation is 1. The molecule has 1 N–H and O–H groups in total. The smallest absolute Gasteiger partial charge is 0.123 e. The molecule has 2 unspecified atom stereocenters. The van der Waals surface area contributed by atoms with E-state index in [0.717, 1.165) is 18.7 Å². The van der Waals surface area contributed by atoms with Gasteiger partial charge < -0.3 is 10.1 Å². The molecule has 3 rings (SSSR count). The van der Waals surface area contributed by atoms with Crippen molar-refractivity contribution in [1.82, 2.24) is 5.32 Å². The molecule has 2 aromatic rings. The minimum absolute atomic E-state index is 0.250. The predicted octanol–water partition coefficient (Wildman–Crippen LogP) is 3.65. The van der Waals surface area contributed by atoms with Crippen LogP contribution in [0.5, 0.6) is 5.75 Å². The average molecular weight is 267 g/mol. The lowest BCUT2D eigenvalue weighted by Gasteiger charge is -2.18. The number of nitrogens with one attached hydrogen (secondary N) is 1. The Morgan fingerprint density at radius 2 is 1.90 bits per heavy atom. The molecule has 0 spiro atoms. The molecule has 1 aliphatic rings. The van der Waals surface area contributed by atoms with E-state index < -0.39 is 0 Å². The van der Waals surface area contributed by atoms with E-state index in [-0.39, 0.29) is 6.10 Å². The van der Waals surface area contributed by atoms with E-state index in [1.165, 1.54) is 16.7 Å². The zero-order valence-electron chi connectivity index (χ0n) is 12.1. The van der Waals surface area contributed by atoms with Crippen molar-refractivity contribution in [2.45, 2.75) is 32.4 Å². The van der Waals surface area contributed by atoms with E-state index in [1.54, 1.807) is 0 Å². The van der Waals surface area contributed by atoms with Crippen molar-refractivity contribution in [2.75, 3.05) is 6.54 Å². The standard InChI is InChI=1S/C18H21NO/c1-13-7-9-15(10-8-13)14(2)19-12-17-11-16-5-3-4-6-18(16)20-17/h3-10,14,17,19H,11-12H2,1-2H3. The predicted molar refractivity (Wildman–Crippen MR) is 82.2 cm³/mol. The summed E-state index contributed by atoms with van der Waals surface area (Å²) < 4.78 is 5.95. The Kier molecular flexibility index (Phi) is 3.75. The summed E-state index contributed by atoms with van der Waals surface area (Å²) in [5.74, 6) is 1.04.